The molecule has 0 unspecified atom stereocenters. The van der Waals surface area contributed by atoms with Crippen LogP contribution in [0.15, 0.2) is 29.6 Å². The van der Waals surface area contributed by atoms with Crippen LogP contribution in [0, 0.1) is 24.4 Å². The van der Waals surface area contributed by atoms with Crippen molar-refractivity contribution in [3.05, 3.63) is 57.7 Å². The third-order valence-corrected chi connectivity index (χ3v) is 6.33. The zero-order valence-corrected chi connectivity index (χ0v) is 17.8. The molecular formula is C20H18F3N3O2S2. The van der Waals surface area contributed by atoms with Gasteiger partial charge in [-0.05, 0) is 36.9 Å². The number of amides is 2. The summed E-state index contributed by atoms with van der Waals surface area (Å²) >= 11 is 2.75. The van der Waals surface area contributed by atoms with Gasteiger partial charge >= 0.3 is 0 Å². The van der Waals surface area contributed by atoms with E-state index in [0.717, 1.165) is 22.0 Å². The summed E-state index contributed by atoms with van der Waals surface area (Å²) in [7, 11) is 0. The molecule has 3 rings (SSSR count). The molecule has 30 heavy (non-hydrogen) atoms. The van der Waals surface area contributed by atoms with Gasteiger partial charge in [-0.3, -0.25) is 9.59 Å². The first-order valence-corrected chi connectivity index (χ1v) is 10.7. The highest BCUT2D eigenvalue weighted by atomic mass is 32.1. The van der Waals surface area contributed by atoms with E-state index in [4.69, 9.17) is 0 Å². The Hall–Kier alpha value is -2.72. The summed E-state index contributed by atoms with van der Waals surface area (Å²) in [5.74, 6) is -5.60. The summed E-state index contributed by atoms with van der Waals surface area (Å²) in [5, 5.41) is 4.82. The van der Waals surface area contributed by atoms with E-state index < -0.39 is 29.0 Å². The van der Waals surface area contributed by atoms with Crippen molar-refractivity contribution < 1.29 is 22.8 Å². The van der Waals surface area contributed by atoms with Crippen LogP contribution in [0.2, 0.25) is 0 Å². The summed E-state index contributed by atoms with van der Waals surface area (Å²) in [4.78, 5) is 32.5. The maximum absolute atomic E-state index is 13.8. The fourth-order valence-electron chi connectivity index (χ4n) is 2.75. The third-order valence-electron chi connectivity index (χ3n) is 4.15. The normalized spacial score (nSPS) is 10.8. The van der Waals surface area contributed by atoms with Crippen LogP contribution in [0.1, 0.15) is 28.7 Å². The monoisotopic (exact) mass is 453 g/mol. The lowest BCUT2D eigenvalue weighted by Gasteiger charge is -2.21. The van der Waals surface area contributed by atoms with E-state index in [9.17, 15) is 22.8 Å². The highest BCUT2D eigenvalue weighted by molar-refractivity contribution is 7.22. The number of halogens is 3. The summed E-state index contributed by atoms with van der Waals surface area (Å²) in [5.41, 5.74) is 0.0679. The van der Waals surface area contributed by atoms with Gasteiger partial charge in [-0.25, -0.2) is 18.2 Å². The first-order chi connectivity index (χ1) is 14.3. The number of thiazole rings is 1. The Balaban J connectivity index is 1.76. The van der Waals surface area contributed by atoms with Crippen LogP contribution < -0.4 is 5.32 Å². The Morgan fingerprint density at radius 2 is 1.93 bits per heavy atom. The largest absolute Gasteiger partial charge is 0.329 e. The first kappa shape index (κ1) is 22.0. The van der Waals surface area contributed by atoms with Crippen LogP contribution in [0.3, 0.4) is 0 Å². The molecule has 3 aromatic rings. The second-order valence-electron chi connectivity index (χ2n) is 6.41. The molecule has 1 aromatic carbocycles. The van der Waals surface area contributed by atoms with E-state index >= 15 is 0 Å². The van der Waals surface area contributed by atoms with Crippen LogP contribution in [0.5, 0.6) is 0 Å². The van der Waals surface area contributed by atoms with Gasteiger partial charge in [0.15, 0.2) is 17.5 Å². The predicted molar refractivity (Wildman–Crippen MR) is 111 cm³/mol. The van der Waals surface area contributed by atoms with Crippen molar-refractivity contribution >= 4 is 40.2 Å². The summed E-state index contributed by atoms with van der Waals surface area (Å²) in [6.45, 7) is 3.50. The second-order valence-corrected chi connectivity index (χ2v) is 8.36. The topological polar surface area (TPSA) is 62.3 Å². The van der Waals surface area contributed by atoms with Gasteiger partial charge in [0.2, 0.25) is 5.91 Å². The minimum atomic E-state index is -1.67. The van der Waals surface area contributed by atoms with Crippen molar-refractivity contribution in [1.82, 2.24) is 9.88 Å². The quantitative estimate of drug-likeness (QED) is 0.507. The number of anilines is 1. The smallest absolute Gasteiger partial charge is 0.266 e. The first-order valence-electron chi connectivity index (χ1n) is 9.05. The highest BCUT2D eigenvalue weighted by Gasteiger charge is 2.24. The summed E-state index contributed by atoms with van der Waals surface area (Å²) in [6.07, 6.45) is 0.591. The standard InChI is InChI=1S/C20H18F3N3O2S2/c1-3-8-26(10-15(27)25-13-7-6-12(21)16(22)17(13)23)20(28)18-11(2)24-19(30-18)14-5-4-9-29-14/h4-7,9H,3,8,10H2,1-2H3,(H,25,27). The van der Waals surface area contributed by atoms with Crippen molar-refractivity contribution in [3.63, 3.8) is 0 Å². The Kier molecular flexibility index (Phi) is 6.88. The average Bonchev–Trinajstić information content (AvgIpc) is 3.37. The van der Waals surface area contributed by atoms with Gasteiger partial charge in [0.1, 0.15) is 16.4 Å². The van der Waals surface area contributed by atoms with Crippen LogP contribution in [-0.4, -0.2) is 34.8 Å². The molecule has 0 atom stereocenters. The van der Waals surface area contributed by atoms with Crippen LogP contribution in [-0.2, 0) is 4.79 Å². The van der Waals surface area contributed by atoms with E-state index in [0.29, 0.717) is 17.0 Å². The molecule has 2 aromatic heterocycles. The Labute approximate surface area is 179 Å². The van der Waals surface area contributed by atoms with Crippen molar-refractivity contribution in [1.29, 1.82) is 0 Å². The number of carbonyl (C=O) groups excluding carboxylic acids is 2. The zero-order valence-electron chi connectivity index (χ0n) is 16.2. The molecule has 0 aliphatic heterocycles. The molecule has 0 bridgehead atoms. The molecule has 0 saturated carbocycles. The molecule has 1 N–H and O–H groups in total. The number of nitrogens with one attached hydrogen (secondary N) is 1. The van der Waals surface area contributed by atoms with Crippen LogP contribution >= 0.6 is 22.7 Å². The molecule has 0 aliphatic carbocycles. The minimum absolute atomic E-state index is 0.290. The lowest BCUT2D eigenvalue weighted by atomic mass is 10.2. The number of hydrogen-bond donors (Lipinski definition) is 1. The van der Waals surface area contributed by atoms with Gasteiger partial charge < -0.3 is 10.2 Å². The van der Waals surface area contributed by atoms with Gasteiger partial charge in [-0.2, -0.15) is 0 Å². The lowest BCUT2D eigenvalue weighted by Crippen LogP contribution is -2.38. The third kappa shape index (κ3) is 4.71. The zero-order chi connectivity index (χ0) is 21.8. The number of aryl methyl sites for hydroxylation is 1. The Morgan fingerprint density at radius 3 is 2.60 bits per heavy atom. The molecule has 2 amide bonds. The maximum Gasteiger partial charge on any atom is 0.266 e. The molecule has 5 nitrogen and oxygen atoms in total. The number of hydrogen-bond acceptors (Lipinski definition) is 5. The van der Waals surface area contributed by atoms with Gasteiger partial charge in [0.05, 0.1) is 16.3 Å². The number of rotatable bonds is 7. The number of carbonyl (C=O) groups is 2. The Morgan fingerprint density at radius 1 is 1.17 bits per heavy atom. The molecule has 158 valence electrons. The lowest BCUT2D eigenvalue weighted by molar-refractivity contribution is -0.116. The van der Waals surface area contributed by atoms with Crippen LogP contribution in [0.25, 0.3) is 9.88 Å². The molecule has 0 aliphatic rings. The van der Waals surface area contributed by atoms with E-state index in [-0.39, 0.29) is 19.0 Å². The number of benzene rings is 1. The van der Waals surface area contributed by atoms with Gasteiger partial charge in [0, 0.05) is 6.54 Å². The van der Waals surface area contributed by atoms with Crippen molar-refractivity contribution in [2.75, 3.05) is 18.4 Å². The minimum Gasteiger partial charge on any atom is -0.329 e. The van der Waals surface area contributed by atoms with E-state index in [1.54, 1.807) is 6.92 Å². The molecule has 2 heterocycles. The average molecular weight is 454 g/mol. The SMILES string of the molecule is CCCN(CC(=O)Nc1ccc(F)c(F)c1F)C(=O)c1sc(-c2cccs2)nc1C. The summed E-state index contributed by atoms with van der Waals surface area (Å²) < 4.78 is 40.2. The second kappa shape index (κ2) is 9.40. The number of nitrogens with zero attached hydrogens (tertiary/aromatic N) is 2. The molecular weight excluding hydrogens is 435 g/mol. The predicted octanol–water partition coefficient (Wildman–Crippen LogP) is 5.09. The molecule has 0 spiro atoms. The molecule has 0 saturated heterocycles. The van der Waals surface area contributed by atoms with Crippen molar-refractivity contribution in [2.45, 2.75) is 20.3 Å². The molecule has 0 radical (unpaired) electrons. The van der Waals surface area contributed by atoms with Gasteiger partial charge in [0.25, 0.3) is 5.91 Å². The van der Waals surface area contributed by atoms with Crippen molar-refractivity contribution in [2.24, 2.45) is 0 Å². The number of aromatic nitrogens is 1. The van der Waals surface area contributed by atoms with Gasteiger partial charge in [-0.1, -0.05) is 13.0 Å². The molecule has 10 heteroatoms. The Bertz CT molecular complexity index is 1070. The fourth-order valence-corrected chi connectivity index (χ4v) is 4.58. The van der Waals surface area contributed by atoms with E-state index in [1.807, 2.05) is 24.4 Å². The maximum atomic E-state index is 13.8. The highest BCUT2D eigenvalue weighted by Crippen LogP contribution is 2.31. The summed E-state index contributed by atoms with van der Waals surface area (Å²) in [6, 6.07) is 5.45. The number of thiophene rings is 1. The van der Waals surface area contributed by atoms with Crippen molar-refractivity contribution in [3.8, 4) is 9.88 Å². The fraction of sp³-hybridized carbons (Fsp3) is 0.250. The van der Waals surface area contributed by atoms with Crippen LogP contribution in [0.4, 0.5) is 18.9 Å². The molecule has 0 fully saturated rings. The van der Waals surface area contributed by atoms with E-state index in [2.05, 4.69) is 10.3 Å². The van der Waals surface area contributed by atoms with E-state index in [1.165, 1.54) is 27.6 Å². The van der Waals surface area contributed by atoms with Gasteiger partial charge in [-0.15, -0.1) is 22.7 Å².